The van der Waals surface area contributed by atoms with Gasteiger partial charge in [-0.3, -0.25) is 9.69 Å². The normalized spacial score (nSPS) is 13.6. The zero-order chi connectivity index (χ0) is 19.8. The monoisotopic (exact) mass is 381 g/mol. The molecule has 6 nitrogen and oxygen atoms in total. The number of hydrogen-bond acceptors (Lipinski definition) is 4. The first-order valence-corrected chi connectivity index (χ1v) is 9.63. The van der Waals surface area contributed by atoms with Crippen molar-refractivity contribution < 1.29 is 14.3 Å². The van der Waals surface area contributed by atoms with E-state index in [9.17, 15) is 9.59 Å². The number of nitrogens with one attached hydrogen (secondary N) is 1. The number of nitrogens with zero attached hydrogens (tertiary/aromatic N) is 2. The highest BCUT2D eigenvalue weighted by molar-refractivity contribution is 5.94. The number of carbonyl (C=O) groups is 2. The van der Waals surface area contributed by atoms with Crippen molar-refractivity contribution in [1.82, 2.24) is 15.1 Å². The molecule has 3 rings (SSSR count). The third kappa shape index (κ3) is 5.82. The molecule has 1 fully saturated rings. The molecule has 148 valence electrons. The summed E-state index contributed by atoms with van der Waals surface area (Å²) >= 11 is 0. The minimum absolute atomic E-state index is 0.0865. The number of amides is 2. The maximum absolute atomic E-state index is 12.4. The van der Waals surface area contributed by atoms with Crippen LogP contribution in [0.15, 0.2) is 54.6 Å². The van der Waals surface area contributed by atoms with Crippen LogP contribution in [0, 0.1) is 0 Å². The van der Waals surface area contributed by atoms with E-state index < -0.39 is 0 Å². The summed E-state index contributed by atoms with van der Waals surface area (Å²) < 4.78 is 4.89. The van der Waals surface area contributed by atoms with Crippen molar-refractivity contribution in [2.24, 2.45) is 0 Å². The van der Waals surface area contributed by atoms with Gasteiger partial charge in [0.25, 0.3) is 5.91 Å². The Bertz CT molecular complexity index is 795. The van der Waals surface area contributed by atoms with Gasteiger partial charge in [-0.25, -0.2) is 4.79 Å². The Kier molecular flexibility index (Phi) is 7.03. The molecule has 2 aromatic carbocycles. The minimum Gasteiger partial charge on any atom is -0.448 e. The van der Waals surface area contributed by atoms with E-state index in [1.165, 1.54) is 5.56 Å². The first kappa shape index (κ1) is 19.9. The molecule has 28 heavy (non-hydrogen) atoms. The number of hydrogen-bond donors (Lipinski definition) is 1. The van der Waals surface area contributed by atoms with Gasteiger partial charge in [-0.05, 0) is 36.7 Å². The molecule has 0 aromatic heterocycles. The van der Waals surface area contributed by atoms with Crippen molar-refractivity contribution in [3.05, 3.63) is 71.3 Å². The van der Waals surface area contributed by atoms with Gasteiger partial charge in [0.15, 0.2) is 0 Å². The highest BCUT2D eigenvalue weighted by Gasteiger charge is 2.20. The van der Waals surface area contributed by atoms with Gasteiger partial charge in [-0.2, -0.15) is 0 Å². The minimum atomic E-state index is -0.265. The summed E-state index contributed by atoms with van der Waals surface area (Å²) in [5.74, 6) is -0.0865. The second-order valence-corrected chi connectivity index (χ2v) is 7.07. The van der Waals surface area contributed by atoms with Gasteiger partial charge in [0.1, 0.15) is 6.61 Å². The summed E-state index contributed by atoms with van der Waals surface area (Å²) in [6, 6.07) is 18.1. The summed E-state index contributed by atoms with van der Waals surface area (Å²) in [6.45, 7) is 3.84. The molecule has 1 saturated heterocycles. The topological polar surface area (TPSA) is 61.9 Å². The van der Waals surface area contributed by atoms with E-state index in [0.717, 1.165) is 18.7 Å². The van der Waals surface area contributed by atoms with Gasteiger partial charge in [-0.15, -0.1) is 0 Å². The summed E-state index contributed by atoms with van der Waals surface area (Å²) in [5.41, 5.74) is 3.03. The maximum atomic E-state index is 12.4. The number of ether oxygens (including phenoxy) is 1. The zero-order valence-electron chi connectivity index (χ0n) is 16.3. The van der Waals surface area contributed by atoms with Crippen LogP contribution in [-0.2, 0) is 17.8 Å². The van der Waals surface area contributed by atoms with Crippen LogP contribution in [-0.4, -0.2) is 55.1 Å². The molecule has 1 heterocycles. The van der Waals surface area contributed by atoms with Crippen LogP contribution >= 0.6 is 0 Å². The maximum Gasteiger partial charge on any atom is 0.409 e. The molecule has 0 atom stereocenters. The fourth-order valence-corrected chi connectivity index (χ4v) is 3.28. The first-order chi connectivity index (χ1) is 13.6. The molecule has 0 radical (unpaired) electrons. The van der Waals surface area contributed by atoms with Crippen molar-refractivity contribution in [2.45, 2.75) is 19.5 Å². The van der Waals surface area contributed by atoms with Crippen molar-refractivity contribution in [2.75, 3.05) is 33.3 Å². The molecular weight excluding hydrogens is 354 g/mol. The Hall–Kier alpha value is -2.86. The van der Waals surface area contributed by atoms with Gasteiger partial charge < -0.3 is 15.0 Å². The molecule has 1 aliphatic heterocycles. The van der Waals surface area contributed by atoms with Crippen LogP contribution in [0.2, 0.25) is 0 Å². The molecule has 0 aliphatic carbocycles. The lowest BCUT2D eigenvalue weighted by atomic mass is 10.1. The lowest BCUT2D eigenvalue weighted by Gasteiger charge is -2.17. The molecule has 0 unspecified atom stereocenters. The molecule has 0 saturated carbocycles. The average Bonchev–Trinajstić information content (AvgIpc) is 3.11. The van der Waals surface area contributed by atoms with Crippen molar-refractivity contribution >= 4 is 12.0 Å². The van der Waals surface area contributed by atoms with E-state index in [0.29, 0.717) is 38.2 Å². The smallest absolute Gasteiger partial charge is 0.409 e. The van der Waals surface area contributed by atoms with Crippen LogP contribution < -0.4 is 5.32 Å². The summed E-state index contributed by atoms with van der Waals surface area (Å²) in [5, 5.41) is 2.93. The zero-order valence-corrected chi connectivity index (χ0v) is 16.3. The lowest BCUT2D eigenvalue weighted by Crippen LogP contribution is -2.30. The second-order valence-electron chi connectivity index (χ2n) is 7.07. The number of rotatable bonds is 9. The first-order valence-electron chi connectivity index (χ1n) is 9.63. The fourth-order valence-electron chi connectivity index (χ4n) is 3.28. The molecule has 6 heteroatoms. The van der Waals surface area contributed by atoms with Crippen molar-refractivity contribution in [3.63, 3.8) is 0 Å². The number of benzene rings is 2. The molecule has 0 bridgehead atoms. The molecule has 2 aromatic rings. The Morgan fingerprint density at radius 1 is 1.11 bits per heavy atom. The van der Waals surface area contributed by atoms with Crippen LogP contribution in [0.1, 0.15) is 27.9 Å². The van der Waals surface area contributed by atoms with Gasteiger partial charge >= 0.3 is 6.09 Å². The molecule has 2 amide bonds. The largest absolute Gasteiger partial charge is 0.448 e. The van der Waals surface area contributed by atoms with Gasteiger partial charge in [-0.1, -0.05) is 42.5 Å². The fraction of sp³-hybridized carbons (Fsp3) is 0.364. The molecule has 1 aliphatic rings. The average molecular weight is 381 g/mol. The van der Waals surface area contributed by atoms with Crippen LogP contribution in [0.25, 0.3) is 0 Å². The Balaban J connectivity index is 1.45. The highest BCUT2D eigenvalue weighted by Crippen LogP contribution is 2.11. The third-order valence-electron chi connectivity index (χ3n) is 4.67. The van der Waals surface area contributed by atoms with Crippen LogP contribution in [0.4, 0.5) is 4.79 Å². The van der Waals surface area contributed by atoms with Crippen LogP contribution in [0.5, 0.6) is 0 Å². The predicted octanol–water partition coefficient (Wildman–Crippen LogP) is 2.89. The Morgan fingerprint density at radius 3 is 2.61 bits per heavy atom. The SMILES string of the molecule is CN(Cc1ccccc1)Cc1cccc(C(=O)NCCCN2CCOC2=O)c1. The van der Waals surface area contributed by atoms with E-state index in [1.807, 2.05) is 42.5 Å². The van der Waals surface area contributed by atoms with E-state index in [1.54, 1.807) is 4.90 Å². The Labute approximate surface area is 166 Å². The summed E-state index contributed by atoms with van der Waals surface area (Å²) in [7, 11) is 2.07. The van der Waals surface area contributed by atoms with E-state index in [-0.39, 0.29) is 12.0 Å². The second kappa shape index (κ2) is 9.90. The number of cyclic esters (lactones) is 1. The standard InChI is InChI=1S/C22H27N3O3/c1-24(16-18-7-3-2-4-8-18)17-19-9-5-10-20(15-19)21(26)23-11-6-12-25-13-14-28-22(25)27/h2-5,7-10,15H,6,11-14,16-17H2,1H3,(H,23,26). The highest BCUT2D eigenvalue weighted by atomic mass is 16.6. The number of carbonyl (C=O) groups excluding carboxylic acids is 2. The molecule has 1 N–H and O–H groups in total. The summed E-state index contributed by atoms with van der Waals surface area (Å²) in [4.78, 5) is 27.7. The van der Waals surface area contributed by atoms with E-state index in [4.69, 9.17) is 4.74 Å². The lowest BCUT2D eigenvalue weighted by molar-refractivity contribution is 0.0952. The predicted molar refractivity (Wildman–Crippen MR) is 108 cm³/mol. The van der Waals surface area contributed by atoms with Gasteiger partial charge in [0, 0.05) is 31.7 Å². The molecule has 0 spiro atoms. The Morgan fingerprint density at radius 2 is 1.86 bits per heavy atom. The van der Waals surface area contributed by atoms with Crippen molar-refractivity contribution in [1.29, 1.82) is 0 Å². The molecular formula is C22H27N3O3. The van der Waals surface area contributed by atoms with E-state index in [2.05, 4.69) is 29.4 Å². The quantitative estimate of drug-likeness (QED) is 0.679. The van der Waals surface area contributed by atoms with Gasteiger partial charge in [0.2, 0.25) is 0 Å². The van der Waals surface area contributed by atoms with Crippen LogP contribution in [0.3, 0.4) is 0 Å². The van der Waals surface area contributed by atoms with Crippen molar-refractivity contribution in [3.8, 4) is 0 Å². The summed E-state index contributed by atoms with van der Waals surface area (Å²) in [6.07, 6.45) is 0.444. The third-order valence-corrected chi connectivity index (χ3v) is 4.67. The van der Waals surface area contributed by atoms with E-state index >= 15 is 0 Å². The van der Waals surface area contributed by atoms with Gasteiger partial charge in [0.05, 0.1) is 6.54 Å².